The van der Waals surface area contributed by atoms with E-state index in [4.69, 9.17) is 10.5 Å². The van der Waals surface area contributed by atoms with E-state index in [9.17, 15) is 5.11 Å². The van der Waals surface area contributed by atoms with Crippen molar-refractivity contribution >= 4 is 23.0 Å². The Bertz CT molecular complexity index is 800. The Balaban J connectivity index is 1.68. The Morgan fingerprint density at radius 2 is 1.77 bits per heavy atom. The van der Waals surface area contributed by atoms with Crippen molar-refractivity contribution in [2.45, 2.75) is 25.9 Å². The second-order valence-corrected chi connectivity index (χ2v) is 7.47. The van der Waals surface area contributed by atoms with Crippen molar-refractivity contribution in [2.75, 3.05) is 48.4 Å². The summed E-state index contributed by atoms with van der Waals surface area (Å²) in [6.45, 7) is 8.23. The molecule has 0 aliphatic carbocycles. The third kappa shape index (κ3) is 2.87. The molecule has 0 atom stereocenters. The van der Waals surface area contributed by atoms with Gasteiger partial charge in [-0.15, -0.1) is 0 Å². The lowest BCUT2D eigenvalue weighted by atomic mass is 9.88. The number of anilines is 4. The van der Waals surface area contributed by atoms with Crippen LogP contribution in [0.4, 0.5) is 23.0 Å². The smallest absolute Gasteiger partial charge is 0.158 e. The summed E-state index contributed by atoms with van der Waals surface area (Å²) < 4.78 is 5.42. The van der Waals surface area contributed by atoms with Gasteiger partial charge in [-0.3, -0.25) is 0 Å². The third-order valence-corrected chi connectivity index (χ3v) is 5.13. The second kappa shape index (κ2) is 6.41. The van der Waals surface area contributed by atoms with Gasteiger partial charge in [-0.05, 0) is 24.3 Å². The number of rotatable bonds is 3. The molecule has 0 saturated carbocycles. The minimum Gasteiger partial charge on any atom is -0.388 e. The van der Waals surface area contributed by atoms with Crippen molar-refractivity contribution in [1.82, 2.24) is 9.97 Å². The lowest BCUT2D eigenvalue weighted by Gasteiger charge is -2.29. The zero-order valence-corrected chi connectivity index (χ0v) is 15.3. The fraction of sp³-hybridized carbons (Fsp3) is 0.474. The largest absolute Gasteiger partial charge is 0.388 e. The van der Waals surface area contributed by atoms with E-state index >= 15 is 0 Å². The molecule has 0 unspecified atom stereocenters. The first-order valence-corrected chi connectivity index (χ1v) is 8.97. The minimum atomic E-state index is -0.221. The zero-order valence-electron chi connectivity index (χ0n) is 15.3. The zero-order chi connectivity index (χ0) is 18.3. The molecule has 2 aromatic rings. The molecule has 3 N–H and O–H groups in total. The van der Waals surface area contributed by atoms with Gasteiger partial charge in [0.2, 0.25) is 0 Å². The number of fused-ring (bicyclic) bond motifs is 1. The monoisotopic (exact) mass is 355 g/mol. The Hall–Kier alpha value is -2.38. The molecule has 1 aromatic carbocycles. The summed E-state index contributed by atoms with van der Waals surface area (Å²) in [6, 6.07) is 8.52. The van der Waals surface area contributed by atoms with Crippen molar-refractivity contribution in [1.29, 1.82) is 0 Å². The molecule has 26 heavy (non-hydrogen) atoms. The van der Waals surface area contributed by atoms with Crippen LogP contribution in [0, 0.1) is 0 Å². The first kappa shape index (κ1) is 17.1. The molecule has 7 heteroatoms. The number of nitrogen functional groups attached to an aromatic ring is 1. The third-order valence-electron chi connectivity index (χ3n) is 5.13. The van der Waals surface area contributed by atoms with E-state index in [1.807, 2.05) is 0 Å². The molecule has 0 radical (unpaired) electrons. The highest BCUT2D eigenvalue weighted by Gasteiger charge is 2.40. The van der Waals surface area contributed by atoms with Crippen LogP contribution >= 0.6 is 0 Å². The number of aromatic nitrogens is 2. The van der Waals surface area contributed by atoms with E-state index in [2.05, 4.69) is 57.9 Å². The van der Waals surface area contributed by atoms with Crippen LogP contribution in [0.25, 0.3) is 0 Å². The number of morpholine rings is 1. The quantitative estimate of drug-likeness (QED) is 0.868. The van der Waals surface area contributed by atoms with Crippen LogP contribution < -0.4 is 15.5 Å². The van der Waals surface area contributed by atoms with E-state index in [0.29, 0.717) is 11.6 Å². The molecule has 4 rings (SSSR count). The Morgan fingerprint density at radius 1 is 1.12 bits per heavy atom. The number of nitrogens with two attached hydrogens (primary N) is 1. The normalized spacial score (nSPS) is 18.9. The number of benzene rings is 1. The predicted molar refractivity (Wildman–Crippen MR) is 102 cm³/mol. The van der Waals surface area contributed by atoms with Gasteiger partial charge in [-0.25, -0.2) is 9.97 Å². The molecular formula is C19H25N5O2. The number of ether oxygens (including phenoxy) is 1. The van der Waals surface area contributed by atoms with E-state index in [0.717, 1.165) is 49.9 Å². The maximum absolute atomic E-state index is 9.45. The fourth-order valence-electron chi connectivity index (χ4n) is 3.86. The molecule has 1 aromatic heterocycles. The number of aliphatic hydroxyl groups is 1. The van der Waals surface area contributed by atoms with Crippen molar-refractivity contribution in [3.05, 3.63) is 35.7 Å². The fourth-order valence-corrected chi connectivity index (χ4v) is 3.86. The van der Waals surface area contributed by atoms with Gasteiger partial charge in [0, 0.05) is 42.0 Å². The van der Waals surface area contributed by atoms with Crippen LogP contribution in [0.1, 0.15) is 25.2 Å². The number of hydrogen-bond donors (Lipinski definition) is 2. The summed E-state index contributed by atoms with van der Waals surface area (Å²) in [5.74, 6) is 1.61. The van der Waals surface area contributed by atoms with Crippen LogP contribution in [0.2, 0.25) is 0 Å². The molecule has 1 saturated heterocycles. The van der Waals surface area contributed by atoms with Crippen LogP contribution in [-0.2, 0) is 16.8 Å². The lowest BCUT2D eigenvalue weighted by Crippen LogP contribution is -2.36. The summed E-state index contributed by atoms with van der Waals surface area (Å²) in [7, 11) is 0. The van der Waals surface area contributed by atoms with Gasteiger partial charge in [0.15, 0.2) is 5.82 Å². The molecular weight excluding hydrogens is 330 g/mol. The standard InChI is InChI=1S/C19H25N5O2/c1-19(2)12-24(18-16(19)17(20)21-15(11-25)22-18)14-5-3-13(4-6-14)23-7-9-26-10-8-23/h3-6,25H,7-12H2,1-2H3,(H2,20,21,22). The molecule has 7 nitrogen and oxygen atoms in total. The average molecular weight is 355 g/mol. The van der Waals surface area contributed by atoms with Crippen LogP contribution in [0.5, 0.6) is 0 Å². The molecule has 0 bridgehead atoms. The van der Waals surface area contributed by atoms with Gasteiger partial charge in [0.1, 0.15) is 18.2 Å². The highest BCUT2D eigenvalue weighted by Crippen LogP contribution is 2.45. The van der Waals surface area contributed by atoms with Gasteiger partial charge in [-0.1, -0.05) is 13.8 Å². The lowest BCUT2D eigenvalue weighted by molar-refractivity contribution is 0.122. The number of hydrogen-bond acceptors (Lipinski definition) is 7. The van der Waals surface area contributed by atoms with Crippen LogP contribution in [0.3, 0.4) is 0 Å². The van der Waals surface area contributed by atoms with Gasteiger partial charge in [-0.2, -0.15) is 0 Å². The Labute approximate surface area is 153 Å². The highest BCUT2D eigenvalue weighted by atomic mass is 16.5. The molecule has 3 heterocycles. The molecule has 0 amide bonds. The van der Waals surface area contributed by atoms with E-state index in [-0.39, 0.29) is 12.0 Å². The highest BCUT2D eigenvalue weighted by molar-refractivity contribution is 5.74. The summed E-state index contributed by atoms with van der Waals surface area (Å²) in [4.78, 5) is 13.3. The van der Waals surface area contributed by atoms with Gasteiger partial charge in [0.25, 0.3) is 0 Å². The summed E-state index contributed by atoms with van der Waals surface area (Å²) in [6.07, 6.45) is 0. The molecule has 2 aliphatic rings. The van der Waals surface area contributed by atoms with Gasteiger partial charge >= 0.3 is 0 Å². The van der Waals surface area contributed by atoms with Crippen molar-refractivity contribution in [3.63, 3.8) is 0 Å². The first-order chi connectivity index (χ1) is 12.5. The maximum Gasteiger partial charge on any atom is 0.158 e. The number of nitrogens with zero attached hydrogens (tertiary/aromatic N) is 4. The molecule has 1 fully saturated rings. The van der Waals surface area contributed by atoms with E-state index < -0.39 is 0 Å². The maximum atomic E-state index is 9.45. The first-order valence-electron chi connectivity index (χ1n) is 8.97. The van der Waals surface area contributed by atoms with Crippen molar-refractivity contribution < 1.29 is 9.84 Å². The summed E-state index contributed by atoms with van der Waals surface area (Å²) >= 11 is 0. The SMILES string of the molecule is CC1(C)CN(c2ccc(N3CCOCC3)cc2)c2nc(CO)nc(N)c21. The second-order valence-electron chi connectivity index (χ2n) is 7.47. The minimum absolute atomic E-state index is 0.156. The van der Waals surface area contributed by atoms with E-state index in [1.165, 1.54) is 5.69 Å². The average Bonchev–Trinajstić information content (AvgIpc) is 2.94. The molecule has 2 aliphatic heterocycles. The van der Waals surface area contributed by atoms with E-state index in [1.54, 1.807) is 0 Å². The molecule has 0 spiro atoms. The predicted octanol–water partition coefficient (Wildman–Crippen LogP) is 1.82. The summed E-state index contributed by atoms with van der Waals surface area (Å²) in [5, 5.41) is 9.45. The van der Waals surface area contributed by atoms with Crippen molar-refractivity contribution in [3.8, 4) is 0 Å². The Morgan fingerprint density at radius 3 is 2.42 bits per heavy atom. The number of aliphatic hydroxyl groups excluding tert-OH is 1. The van der Waals surface area contributed by atoms with Gasteiger partial charge < -0.3 is 25.4 Å². The van der Waals surface area contributed by atoms with Crippen LogP contribution in [-0.4, -0.2) is 47.9 Å². The van der Waals surface area contributed by atoms with Crippen molar-refractivity contribution in [2.24, 2.45) is 0 Å². The Kier molecular flexibility index (Phi) is 4.20. The molecule has 138 valence electrons. The van der Waals surface area contributed by atoms with Crippen LogP contribution in [0.15, 0.2) is 24.3 Å². The topological polar surface area (TPSA) is 87.7 Å². The summed E-state index contributed by atoms with van der Waals surface area (Å²) in [5.41, 5.74) is 9.24. The van der Waals surface area contributed by atoms with Gasteiger partial charge in [0.05, 0.1) is 13.2 Å².